The fraction of sp³-hybridized carbons (Fsp3) is 0.500. The lowest BCUT2D eigenvalue weighted by atomic mass is 10.2. The van der Waals surface area contributed by atoms with Gasteiger partial charge in [-0.05, 0) is 24.3 Å². The van der Waals surface area contributed by atoms with Crippen molar-refractivity contribution in [3.63, 3.8) is 0 Å². The van der Waals surface area contributed by atoms with Crippen LogP contribution in [0.25, 0.3) is 0 Å². The summed E-state index contributed by atoms with van der Waals surface area (Å²) < 4.78 is 18.0. The van der Waals surface area contributed by atoms with Gasteiger partial charge in [-0.3, -0.25) is 9.59 Å². The number of carbonyl (C=O) groups is 2. The lowest BCUT2D eigenvalue weighted by Gasteiger charge is -2.35. The first kappa shape index (κ1) is 18.2. The van der Waals surface area contributed by atoms with Crippen molar-refractivity contribution in [3.8, 4) is 0 Å². The molecule has 1 aromatic carbocycles. The lowest BCUT2D eigenvalue weighted by Crippen LogP contribution is -2.53. The van der Waals surface area contributed by atoms with Gasteiger partial charge in [-0.25, -0.2) is 4.39 Å². The third-order valence-corrected chi connectivity index (χ3v) is 3.72. The second-order valence-electron chi connectivity index (χ2n) is 5.35. The van der Waals surface area contributed by atoms with Crippen LogP contribution in [-0.4, -0.2) is 74.4 Å². The minimum absolute atomic E-state index is 0.0782. The highest BCUT2D eigenvalue weighted by Gasteiger charge is 2.25. The number of nitrogens with zero attached hydrogens (tertiary/aromatic N) is 2. The van der Waals surface area contributed by atoms with Gasteiger partial charge in [0.15, 0.2) is 0 Å². The number of ether oxygens (including phenoxy) is 1. The normalized spacial score (nSPS) is 14.6. The summed E-state index contributed by atoms with van der Waals surface area (Å²) in [4.78, 5) is 27.4. The van der Waals surface area contributed by atoms with Crippen LogP contribution < -0.4 is 10.2 Å². The van der Waals surface area contributed by atoms with E-state index in [-0.39, 0.29) is 32.2 Å². The Morgan fingerprint density at radius 2 is 1.79 bits per heavy atom. The molecule has 1 heterocycles. The molecule has 2 rings (SSSR count). The zero-order valence-corrected chi connectivity index (χ0v) is 13.4. The van der Waals surface area contributed by atoms with E-state index >= 15 is 0 Å². The zero-order valence-electron chi connectivity index (χ0n) is 13.4. The second kappa shape index (κ2) is 9.19. The number of rotatable bonds is 6. The van der Waals surface area contributed by atoms with E-state index in [0.29, 0.717) is 26.2 Å². The van der Waals surface area contributed by atoms with E-state index in [4.69, 9.17) is 9.84 Å². The Bertz CT molecular complexity index is 545. The maximum atomic E-state index is 12.9. The van der Waals surface area contributed by atoms with Crippen LogP contribution in [0, 0.1) is 5.82 Å². The standard InChI is InChI=1S/C16H22FN3O4/c17-13-1-3-14(4-2-13)19-6-8-20(9-7-19)16(23)15(22)18-5-11-24-12-10-21/h1-4,21H,5-12H2,(H,18,22). The molecule has 2 N–H and O–H groups in total. The zero-order chi connectivity index (χ0) is 17.4. The molecule has 2 amide bonds. The van der Waals surface area contributed by atoms with E-state index in [2.05, 4.69) is 5.32 Å². The Kier molecular flexibility index (Phi) is 6.95. The van der Waals surface area contributed by atoms with Gasteiger partial charge < -0.3 is 25.0 Å². The van der Waals surface area contributed by atoms with Crippen molar-refractivity contribution in [3.05, 3.63) is 30.1 Å². The molecule has 0 atom stereocenters. The molecule has 1 aromatic rings. The Balaban J connectivity index is 1.73. The second-order valence-corrected chi connectivity index (χ2v) is 5.35. The number of benzene rings is 1. The summed E-state index contributed by atoms with van der Waals surface area (Å²) in [5.74, 6) is -1.50. The van der Waals surface area contributed by atoms with Gasteiger partial charge in [-0.2, -0.15) is 0 Å². The number of amides is 2. The molecule has 0 aliphatic carbocycles. The first-order chi connectivity index (χ1) is 11.6. The third-order valence-electron chi connectivity index (χ3n) is 3.72. The molecule has 7 nitrogen and oxygen atoms in total. The Hall–Kier alpha value is -2.19. The molecule has 1 fully saturated rings. The molecule has 0 aromatic heterocycles. The number of nitrogens with one attached hydrogen (secondary N) is 1. The van der Waals surface area contributed by atoms with Gasteiger partial charge in [0, 0.05) is 38.4 Å². The van der Waals surface area contributed by atoms with E-state index in [1.807, 2.05) is 4.90 Å². The van der Waals surface area contributed by atoms with Gasteiger partial charge in [0.2, 0.25) is 0 Å². The molecule has 0 radical (unpaired) electrons. The minimum Gasteiger partial charge on any atom is -0.394 e. The third kappa shape index (κ3) is 5.17. The average Bonchev–Trinajstić information content (AvgIpc) is 2.61. The van der Waals surface area contributed by atoms with Gasteiger partial charge >= 0.3 is 11.8 Å². The van der Waals surface area contributed by atoms with E-state index in [9.17, 15) is 14.0 Å². The Labute approximate surface area is 140 Å². The van der Waals surface area contributed by atoms with Crippen LogP contribution in [0.1, 0.15) is 0 Å². The van der Waals surface area contributed by atoms with E-state index in [1.165, 1.54) is 17.0 Å². The molecule has 8 heteroatoms. The summed E-state index contributed by atoms with van der Waals surface area (Å²) in [6.07, 6.45) is 0. The summed E-state index contributed by atoms with van der Waals surface area (Å²) in [6.45, 7) is 2.64. The van der Waals surface area contributed by atoms with Crippen molar-refractivity contribution in [2.24, 2.45) is 0 Å². The highest BCUT2D eigenvalue weighted by Crippen LogP contribution is 2.16. The quantitative estimate of drug-likeness (QED) is 0.544. The predicted octanol–water partition coefficient (Wildman–Crippen LogP) is -0.401. The molecule has 0 unspecified atom stereocenters. The number of piperazine rings is 1. The number of halogens is 1. The Morgan fingerprint density at radius 3 is 2.42 bits per heavy atom. The molecule has 0 bridgehead atoms. The molecular weight excluding hydrogens is 317 g/mol. The summed E-state index contributed by atoms with van der Waals surface area (Å²) in [5, 5.41) is 11.1. The molecule has 0 saturated carbocycles. The maximum absolute atomic E-state index is 12.9. The number of hydrogen-bond acceptors (Lipinski definition) is 5. The minimum atomic E-state index is -0.655. The van der Waals surface area contributed by atoms with Crippen molar-refractivity contribution in [2.45, 2.75) is 0 Å². The van der Waals surface area contributed by atoms with E-state index in [1.54, 1.807) is 12.1 Å². The van der Waals surface area contributed by atoms with Crippen molar-refractivity contribution >= 4 is 17.5 Å². The largest absolute Gasteiger partial charge is 0.394 e. The average molecular weight is 339 g/mol. The SMILES string of the molecule is O=C(NCCOCCO)C(=O)N1CCN(c2ccc(F)cc2)CC1. The van der Waals surface area contributed by atoms with Crippen LogP contribution in [0.2, 0.25) is 0 Å². The number of aliphatic hydroxyl groups excluding tert-OH is 1. The monoisotopic (exact) mass is 339 g/mol. The van der Waals surface area contributed by atoms with E-state index < -0.39 is 11.8 Å². The highest BCUT2D eigenvalue weighted by atomic mass is 19.1. The summed E-state index contributed by atoms with van der Waals surface area (Å²) in [5.41, 5.74) is 0.897. The fourth-order valence-corrected chi connectivity index (χ4v) is 2.44. The molecule has 24 heavy (non-hydrogen) atoms. The highest BCUT2D eigenvalue weighted by molar-refractivity contribution is 6.35. The molecular formula is C16H22FN3O4. The topological polar surface area (TPSA) is 82.1 Å². The van der Waals surface area contributed by atoms with Crippen LogP contribution in [0.5, 0.6) is 0 Å². The van der Waals surface area contributed by atoms with Gasteiger partial charge in [-0.15, -0.1) is 0 Å². The molecule has 1 saturated heterocycles. The summed E-state index contributed by atoms with van der Waals surface area (Å²) in [7, 11) is 0. The van der Waals surface area contributed by atoms with Crippen molar-refractivity contribution in [1.82, 2.24) is 10.2 Å². The number of aliphatic hydroxyl groups is 1. The summed E-state index contributed by atoms with van der Waals surface area (Å²) in [6, 6.07) is 6.20. The smallest absolute Gasteiger partial charge is 0.312 e. The molecule has 1 aliphatic heterocycles. The maximum Gasteiger partial charge on any atom is 0.312 e. The van der Waals surface area contributed by atoms with Crippen molar-refractivity contribution in [2.75, 3.05) is 57.4 Å². The first-order valence-corrected chi connectivity index (χ1v) is 7.88. The van der Waals surface area contributed by atoms with Crippen LogP contribution in [-0.2, 0) is 14.3 Å². The van der Waals surface area contributed by atoms with Crippen LogP contribution in [0.3, 0.4) is 0 Å². The van der Waals surface area contributed by atoms with Crippen LogP contribution >= 0.6 is 0 Å². The van der Waals surface area contributed by atoms with Gasteiger partial charge in [-0.1, -0.05) is 0 Å². The molecule has 0 spiro atoms. The van der Waals surface area contributed by atoms with Crippen LogP contribution in [0.15, 0.2) is 24.3 Å². The van der Waals surface area contributed by atoms with Crippen LogP contribution in [0.4, 0.5) is 10.1 Å². The predicted molar refractivity (Wildman–Crippen MR) is 86.1 cm³/mol. The molecule has 1 aliphatic rings. The van der Waals surface area contributed by atoms with Gasteiger partial charge in [0.05, 0.1) is 19.8 Å². The number of anilines is 1. The first-order valence-electron chi connectivity index (χ1n) is 7.88. The Morgan fingerprint density at radius 1 is 1.12 bits per heavy atom. The number of carbonyl (C=O) groups excluding carboxylic acids is 2. The van der Waals surface area contributed by atoms with E-state index in [0.717, 1.165) is 5.69 Å². The summed E-state index contributed by atoms with van der Waals surface area (Å²) >= 11 is 0. The molecule has 132 valence electrons. The fourth-order valence-electron chi connectivity index (χ4n) is 2.44. The number of hydrogen-bond donors (Lipinski definition) is 2. The van der Waals surface area contributed by atoms with Crippen molar-refractivity contribution < 1.29 is 23.8 Å². The van der Waals surface area contributed by atoms with Crippen molar-refractivity contribution in [1.29, 1.82) is 0 Å². The van der Waals surface area contributed by atoms with Gasteiger partial charge in [0.25, 0.3) is 0 Å². The van der Waals surface area contributed by atoms with Gasteiger partial charge in [0.1, 0.15) is 5.82 Å². The lowest BCUT2D eigenvalue weighted by molar-refractivity contribution is -0.146.